The quantitative estimate of drug-likeness (QED) is 0.259. The molecule has 7 heteroatoms. The van der Waals surface area contributed by atoms with Crippen molar-refractivity contribution < 1.29 is 37.7 Å². The molecule has 0 spiro atoms. The van der Waals surface area contributed by atoms with Crippen LogP contribution in [0.25, 0.3) is 34.2 Å². The number of nitrogens with zero attached hydrogens (tertiary/aromatic N) is 6. The zero-order valence-electron chi connectivity index (χ0n) is 16.0. The van der Waals surface area contributed by atoms with Crippen molar-refractivity contribution in [3.63, 3.8) is 0 Å². The monoisotopic (exact) mass is 484 g/mol. The molecule has 0 radical (unpaired) electrons. The summed E-state index contributed by atoms with van der Waals surface area (Å²) in [4.78, 5) is 14.2. The van der Waals surface area contributed by atoms with Crippen LogP contribution < -0.4 is 37.7 Å². The molecule has 0 aliphatic heterocycles. The molecule has 0 saturated heterocycles. The van der Waals surface area contributed by atoms with Gasteiger partial charge in [-0.15, -0.1) is 0 Å². The number of pyridine rings is 3. The number of rotatable bonds is 3. The second-order valence-corrected chi connectivity index (χ2v) is 6.56. The molecule has 0 aliphatic rings. The van der Waals surface area contributed by atoms with Gasteiger partial charge >= 0.3 is 0 Å². The van der Waals surface area contributed by atoms with Crippen molar-refractivity contribution in [2.75, 3.05) is 0 Å². The van der Waals surface area contributed by atoms with E-state index < -0.39 is 0 Å². The van der Waals surface area contributed by atoms with Crippen molar-refractivity contribution in [3.05, 3.63) is 73.6 Å². The van der Waals surface area contributed by atoms with Crippen LogP contribution in [0.5, 0.6) is 0 Å². The van der Waals surface area contributed by atoms with Crippen molar-refractivity contribution in [1.29, 1.82) is 0 Å². The van der Waals surface area contributed by atoms with E-state index in [9.17, 15) is 0 Å². The van der Waals surface area contributed by atoms with Gasteiger partial charge in [-0.1, -0.05) is 0 Å². The van der Waals surface area contributed by atoms with E-state index in [1.165, 1.54) is 0 Å². The largest absolute Gasteiger partial charge is 1.00 e. The number of aryl methyl sites for hydroxylation is 3. The molecule has 0 amide bonds. The van der Waals surface area contributed by atoms with Gasteiger partial charge < -0.3 is 24.0 Å². The molecular weight excluding hydrogens is 463 g/mol. The van der Waals surface area contributed by atoms with Crippen molar-refractivity contribution >= 4 is 0 Å². The summed E-state index contributed by atoms with van der Waals surface area (Å²) in [5.74, 6) is 1.99. The van der Waals surface area contributed by atoms with Gasteiger partial charge in [0.25, 0.3) is 0 Å². The Labute approximate surface area is 181 Å². The molecule has 28 heavy (non-hydrogen) atoms. The first-order chi connectivity index (χ1) is 13.1. The van der Waals surface area contributed by atoms with E-state index >= 15 is 0 Å². The highest BCUT2D eigenvalue weighted by atomic mass is 127. The Morgan fingerprint density at radius 3 is 0.893 bits per heavy atom. The van der Waals surface area contributed by atoms with Crippen LogP contribution in [0.3, 0.4) is 0 Å². The highest BCUT2D eigenvalue weighted by Gasteiger charge is 2.14. The van der Waals surface area contributed by atoms with Gasteiger partial charge in [0.2, 0.25) is 0 Å². The van der Waals surface area contributed by atoms with Crippen LogP contribution in [0.1, 0.15) is 0 Å². The predicted molar refractivity (Wildman–Crippen MR) is 99.7 cm³/mol. The van der Waals surface area contributed by atoms with Crippen molar-refractivity contribution in [2.45, 2.75) is 0 Å². The second kappa shape index (κ2) is 8.47. The van der Waals surface area contributed by atoms with Gasteiger partial charge in [-0.25, -0.2) is 28.7 Å². The highest BCUT2D eigenvalue weighted by Crippen LogP contribution is 2.23. The highest BCUT2D eigenvalue weighted by molar-refractivity contribution is 5.65. The fourth-order valence-corrected chi connectivity index (χ4v) is 2.71. The maximum atomic E-state index is 4.73. The molecule has 0 atom stereocenters. The Hall–Kier alpha value is -2.81. The van der Waals surface area contributed by atoms with E-state index in [2.05, 4.69) is 0 Å². The van der Waals surface area contributed by atoms with E-state index in [4.69, 9.17) is 15.0 Å². The summed E-state index contributed by atoms with van der Waals surface area (Å²) in [7, 11) is 5.96. The lowest BCUT2D eigenvalue weighted by Crippen LogP contribution is -3.00. The van der Waals surface area contributed by atoms with Crippen molar-refractivity contribution in [2.24, 2.45) is 21.1 Å². The zero-order chi connectivity index (χ0) is 18.8. The molecule has 4 aromatic rings. The Kier molecular flexibility index (Phi) is 6.03. The van der Waals surface area contributed by atoms with Crippen LogP contribution in [-0.2, 0) is 21.1 Å². The van der Waals surface area contributed by atoms with Crippen LogP contribution in [0.2, 0.25) is 0 Å². The molecule has 140 valence electrons. The van der Waals surface area contributed by atoms with E-state index in [1.54, 1.807) is 0 Å². The van der Waals surface area contributed by atoms with Gasteiger partial charge in [0.05, 0.1) is 0 Å². The zero-order valence-corrected chi connectivity index (χ0v) is 18.1. The molecular formula is C21H21IN6+2. The van der Waals surface area contributed by atoms with Crippen molar-refractivity contribution in [3.8, 4) is 34.2 Å². The molecule has 0 N–H and O–H groups in total. The predicted octanol–water partition coefficient (Wildman–Crippen LogP) is -1.65. The molecule has 4 heterocycles. The molecule has 0 bridgehead atoms. The van der Waals surface area contributed by atoms with Gasteiger partial charge in [-0.05, 0) is 0 Å². The molecule has 0 aliphatic carbocycles. The fourth-order valence-electron chi connectivity index (χ4n) is 2.71. The van der Waals surface area contributed by atoms with Crippen LogP contribution in [0.4, 0.5) is 0 Å². The normalized spacial score (nSPS) is 10.4. The molecule has 0 aromatic carbocycles. The minimum Gasteiger partial charge on any atom is -1.00 e. The van der Waals surface area contributed by atoms with E-state index in [-0.39, 0.29) is 24.0 Å². The van der Waals surface area contributed by atoms with Crippen LogP contribution in [-0.4, -0.2) is 15.0 Å². The average Bonchev–Trinajstić information content (AvgIpc) is 2.69. The van der Waals surface area contributed by atoms with Gasteiger partial charge in [0.1, 0.15) is 21.1 Å². The summed E-state index contributed by atoms with van der Waals surface area (Å²) in [6.07, 6.45) is 11.9. The molecule has 0 unspecified atom stereocenters. The lowest BCUT2D eigenvalue weighted by atomic mass is 10.2. The number of halogens is 1. The molecule has 4 aromatic heterocycles. The first kappa shape index (κ1) is 19.9. The Morgan fingerprint density at radius 1 is 0.464 bits per heavy atom. The topological polar surface area (TPSA) is 50.3 Å². The summed E-state index contributed by atoms with van der Waals surface area (Å²) in [6.45, 7) is 0. The van der Waals surface area contributed by atoms with Crippen molar-refractivity contribution in [1.82, 2.24) is 15.0 Å². The van der Waals surface area contributed by atoms with E-state index in [0.717, 1.165) is 16.7 Å². The summed E-state index contributed by atoms with van der Waals surface area (Å²) in [5.41, 5.74) is 2.88. The smallest absolute Gasteiger partial charge is 0.169 e. The first-order valence-corrected chi connectivity index (χ1v) is 8.71. The lowest BCUT2D eigenvalue weighted by molar-refractivity contribution is -0.671. The summed E-state index contributed by atoms with van der Waals surface area (Å²) >= 11 is 0. The van der Waals surface area contributed by atoms with Crippen LogP contribution in [0.15, 0.2) is 73.6 Å². The first-order valence-electron chi connectivity index (χ1n) is 8.71. The number of hydrogen-bond acceptors (Lipinski definition) is 3. The number of hydrogen-bond donors (Lipinski definition) is 0. The molecule has 0 fully saturated rings. The summed E-state index contributed by atoms with van der Waals surface area (Å²) < 4.78 is 5.96. The molecule has 6 nitrogen and oxygen atoms in total. The second-order valence-electron chi connectivity index (χ2n) is 6.56. The lowest BCUT2D eigenvalue weighted by Gasteiger charge is -2.07. The summed E-state index contributed by atoms with van der Waals surface area (Å²) in [5, 5.41) is 0. The van der Waals surface area contributed by atoms with E-state index in [1.807, 2.05) is 108 Å². The Balaban J connectivity index is 0.00000225. The SMILES string of the molecule is C[n+]1ccc(-c2nc(-c3cc[n+](C)cc3)nc(-c3cc[n+](C)cc3)n2)cc1.[I-]. The Bertz CT molecular complexity index is 924. The average molecular weight is 484 g/mol. The maximum absolute atomic E-state index is 4.73. The number of aromatic nitrogens is 6. The van der Waals surface area contributed by atoms with Gasteiger partial charge in [0.15, 0.2) is 54.7 Å². The van der Waals surface area contributed by atoms with Gasteiger partial charge in [-0.2, -0.15) is 0 Å². The molecule has 0 saturated carbocycles. The third kappa shape index (κ3) is 4.36. The van der Waals surface area contributed by atoms with E-state index in [0.29, 0.717) is 17.5 Å². The fraction of sp³-hybridized carbons (Fsp3) is 0.143. The third-order valence-corrected chi connectivity index (χ3v) is 4.35. The maximum Gasteiger partial charge on any atom is 0.169 e. The van der Waals surface area contributed by atoms with Gasteiger partial charge in [-0.3, -0.25) is 0 Å². The third-order valence-electron chi connectivity index (χ3n) is 4.35. The minimum absolute atomic E-state index is 0. The Morgan fingerprint density at radius 2 is 0.679 bits per heavy atom. The van der Waals surface area contributed by atoms with Crippen LogP contribution >= 0.6 is 0 Å². The summed E-state index contributed by atoms with van der Waals surface area (Å²) in [6, 6.07) is 12.1. The minimum atomic E-state index is 0. The van der Waals surface area contributed by atoms with Crippen LogP contribution in [0, 0.1) is 0 Å². The molecule has 4 rings (SSSR count). The standard InChI is InChI=1S/C21H21N6.HI/c1-25-10-4-16(5-11-25)19-22-20(17-6-12-26(2)13-7-17)24-21(23-19)18-8-14-27(3)15-9-18;/h4-15H,1-3H3;1H/q+3;/p-1. The van der Waals surface area contributed by atoms with Gasteiger partial charge in [0, 0.05) is 53.1 Å².